The van der Waals surface area contributed by atoms with E-state index in [1.807, 2.05) is 39.6 Å². The first-order valence-electron chi connectivity index (χ1n) is 4.83. The van der Waals surface area contributed by atoms with E-state index in [9.17, 15) is 5.11 Å². The van der Waals surface area contributed by atoms with Crippen molar-refractivity contribution in [3.8, 4) is 0 Å². The van der Waals surface area contributed by atoms with Gasteiger partial charge in [0, 0.05) is 12.8 Å². The molecule has 0 rings (SSSR count). The number of hydrazone groups is 1. The highest BCUT2D eigenvalue weighted by atomic mass is 16.3. The summed E-state index contributed by atoms with van der Waals surface area (Å²) in [5.41, 5.74) is -0.0727. The van der Waals surface area contributed by atoms with Crippen LogP contribution in [0, 0.1) is 5.41 Å². The topological polar surface area (TPSA) is 35.8 Å². The van der Waals surface area contributed by atoms with E-state index in [4.69, 9.17) is 0 Å². The van der Waals surface area contributed by atoms with Gasteiger partial charge in [0.05, 0.1) is 12.6 Å². The normalized spacial score (nSPS) is 14.9. The molecule has 0 saturated carbocycles. The van der Waals surface area contributed by atoms with Crippen LogP contribution in [0.5, 0.6) is 0 Å². The highest BCUT2D eigenvalue weighted by Crippen LogP contribution is 2.19. The average Bonchev–Trinajstić information content (AvgIpc) is 2.01. The fourth-order valence-electron chi connectivity index (χ4n) is 0.895. The molecule has 1 atom stereocenters. The van der Waals surface area contributed by atoms with Crippen molar-refractivity contribution in [1.82, 2.24) is 5.01 Å². The fourth-order valence-corrected chi connectivity index (χ4v) is 0.895. The minimum Gasteiger partial charge on any atom is -0.391 e. The largest absolute Gasteiger partial charge is 0.391 e. The second-order valence-electron chi connectivity index (χ2n) is 4.26. The Balaban J connectivity index is 4.09. The molecule has 0 spiro atoms. The summed E-state index contributed by atoms with van der Waals surface area (Å²) in [4.78, 5) is 0. The van der Waals surface area contributed by atoms with Gasteiger partial charge in [-0.25, -0.2) is 0 Å². The smallest absolute Gasteiger partial charge is 0.0780 e. The molecule has 3 nitrogen and oxygen atoms in total. The molecule has 0 bridgehead atoms. The lowest BCUT2D eigenvalue weighted by atomic mass is 9.89. The van der Waals surface area contributed by atoms with Crippen LogP contribution < -0.4 is 0 Å². The third-order valence-electron chi connectivity index (χ3n) is 2.03. The number of hydrogen-bond acceptors (Lipinski definition) is 3. The van der Waals surface area contributed by atoms with Gasteiger partial charge < -0.3 is 5.11 Å². The Morgan fingerprint density at radius 1 is 1.46 bits per heavy atom. The third kappa shape index (κ3) is 4.88. The van der Waals surface area contributed by atoms with Gasteiger partial charge in [-0.2, -0.15) is 5.10 Å². The van der Waals surface area contributed by atoms with E-state index in [2.05, 4.69) is 5.10 Å². The van der Waals surface area contributed by atoms with Crippen molar-refractivity contribution in [1.29, 1.82) is 0 Å². The molecule has 0 saturated heterocycles. The Kier molecular flexibility index (Phi) is 4.99. The molecule has 1 N–H and O–H groups in total. The van der Waals surface area contributed by atoms with E-state index in [0.29, 0.717) is 6.54 Å². The molecule has 0 aliphatic carbocycles. The maximum absolute atomic E-state index is 9.80. The van der Waals surface area contributed by atoms with Crippen molar-refractivity contribution in [2.24, 2.45) is 10.5 Å². The summed E-state index contributed by atoms with van der Waals surface area (Å²) >= 11 is 0. The summed E-state index contributed by atoms with van der Waals surface area (Å²) in [5.74, 6) is 0. The first-order chi connectivity index (χ1) is 5.91. The molecule has 0 aromatic rings. The van der Waals surface area contributed by atoms with Crippen LogP contribution in [0.15, 0.2) is 5.10 Å². The van der Waals surface area contributed by atoms with Gasteiger partial charge in [-0.05, 0) is 19.3 Å². The zero-order chi connectivity index (χ0) is 10.5. The van der Waals surface area contributed by atoms with Crippen molar-refractivity contribution >= 4 is 6.21 Å². The summed E-state index contributed by atoms with van der Waals surface area (Å²) < 4.78 is 0. The summed E-state index contributed by atoms with van der Waals surface area (Å²) in [6, 6.07) is 0. The quantitative estimate of drug-likeness (QED) is 0.536. The third-order valence-corrected chi connectivity index (χ3v) is 2.03. The van der Waals surface area contributed by atoms with Gasteiger partial charge in [-0.15, -0.1) is 0 Å². The van der Waals surface area contributed by atoms with Gasteiger partial charge in [-0.1, -0.05) is 20.8 Å². The molecule has 0 aromatic heterocycles. The highest BCUT2D eigenvalue weighted by Gasteiger charge is 2.23. The lowest BCUT2D eigenvalue weighted by molar-refractivity contribution is 0.0306. The van der Waals surface area contributed by atoms with Crippen LogP contribution in [-0.2, 0) is 0 Å². The second kappa shape index (κ2) is 5.22. The molecular formula is C10H22N2O. The SMILES string of the molecule is C/C=N\N(CC)CC(O)C(C)(C)C. The molecule has 0 fully saturated rings. The molecule has 0 aromatic carbocycles. The van der Waals surface area contributed by atoms with Crippen molar-refractivity contribution in [2.45, 2.75) is 40.7 Å². The van der Waals surface area contributed by atoms with Crippen LogP contribution in [0.3, 0.4) is 0 Å². The van der Waals surface area contributed by atoms with Gasteiger partial charge in [-0.3, -0.25) is 5.01 Å². The zero-order valence-electron chi connectivity index (χ0n) is 9.41. The number of aliphatic hydroxyl groups is 1. The molecule has 0 amide bonds. The van der Waals surface area contributed by atoms with Crippen LogP contribution in [0.25, 0.3) is 0 Å². The zero-order valence-corrected chi connectivity index (χ0v) is 9.41. The Morgan fingerprint density at radius 2 is 2.00 bits per heavy atom. The van der Waals surface area contributed by atoms with Crippen molar-refractivity contribution in [3.05, 3.63) is 0 Å². The summed E-state index contributed by atoms with van der Waals surface area (Å²) in [6.07, 6.45) is 1.41. The molecule has 0 aliphatic rings. The summed E-state index contributed by atoms with van der Waals surface area (Å²) in [5, 5.41) is 15.8. The molecule has 78 valence electrons. The van der Waals surface area contributed by atoms with Crippen LogP contribution in [0.4, 0.5) is 0 Å². The molecule has 1 unspecified atom stereocenters. The average molecular weight is 186 g/mol. The molecule has 0 aliphatic heterocycles. The van der Waals surface area contributed by atoms with Crippen molar-refractivity contribution < 1.29 is 5.11 Å². The van der Waals surface area contributed by atoms with Crippen molar-refractivity contribution in [3.63, 3.8) is 0 Å². The Bertz CT molecular complexity index is 161. The van der Waals surface area contributed by atoms with Crippen LogP contribution >= 0.6 is 0 Å². The molecule has 13 heavy (non-hydrogen) atoms. The molecule has 0 heterocycles. The van der Waals surface area contributed by atoms with Crippen LogP contribution in [0.2, 0.25) is 0 Å². The Morgan fingerprint density at radius 3 is 2.31 bits per heavy atom. The number of nitrogens with zero attached hydrogens (tertiary/aromatic N) is 2. The lowest BCUT2D eigenvalue weighted by Gasteiger charge is -2.29. The van der Waals surface area contributed by atoms with Gasteiger partial charge in [0.1, 0.15) is 0 Å². The van der Waals surface area contributed by atoms with E-state index in [1.54, 1.807) is 6.21 Å². The monoisotopic (exact) mass is 186 g/mol. The van der Waals surface area contributed by atoms with E-state index in [1.165, 1.54) is 0 Å². The first-order valence-corrected chi connectivity index (χ1v) is 4.83. The van der Waals surface area contributed by atoms with Crippen LogP contribution in [0.1, 0.15) is 34.6 Å². The van der Waals surface area contributed by atoms with Gasteiger partial charge in [0.15, 0.2) is 0 Å². The number of hydrogen-bond donors (Lipinski definition) is 1. The maximum atomic E-state index is 9.80. The summed E-state index contributed by atoms with van der Waals surface area (Å²) in [6.45, 7) is 11.4. The molecule has 0 radical (unpaired) electrons. The van der Waals surface area contributed by atoms with E-state index < -0.39 is 0 Å². The van der Waals surface area contributed by atoms with E-state index >= 15 is 0 Å². The Labute approximate surface area is 81.4 Å². The maximum Gasteiger partial charge on any atom is 0.0780 e. The number of aliphatic hydroxyl groups excluding tert-OH is 1. The Hall–Kier alpha value is -0.570. The predicted molar refractivity (Wildman–Crippen MR) is 56.9 cm³/mol. The van der Waals surface area contributed by atoms with E-state index in [0.717, 1.165) is 6.54 Å². The number of likely N-dealkylation sites (N-methyl/N-ethyl adjacent to an activating group) is 1. The van der Waals surface area contributed by atoms with Crippen LogP contribution in [-0.4, -0.2) is 35.5 Å². The molecular weight excluding hydrogens is 164 g/mol. The minimum absolute atomic E-state index is 0.0727. The van der Waals surface area contributed by atoms with Gasteiger partial charge in [0.25, 0.3) is 0 Å². The standard InChI is InChI=1S/C10H22N2O/c1-6-11-12(7-2)8-9(13)10(3,4)5/h6,9,13H,7-8H2,1-5H3/b11-6-. The molecule has 3 heteroatoms. The fraction of sp³-hybridized carbons (Fsp3) is 0.900. The minimum atomic E-state index is -0.337. The van der Waals surface area contributed by atoms with E-state index in [-0.39, 0.29) is 11.5 Å². The summed E-state index contributed by atoms with van der Waals surface area (Å²) in [7, 11) is 0. The lowest BCUT2D eigenvalue weighted by Crippen LogP contribution is -2.37. The predicted octanol–water partition coefficient (Wildman–Crippen LogP) is 1.72. The highest BCUT2D eigenvalue weighted by molar-refractivity contribution is 5.52. The second-order valence-corrected chi connectivity index (χ2v) is 4.26. The van der Waals surface area contributed by atoms with Gasteiger partial charge in [0.2, 0.25) is 0 Å². The number of rotatable bonds is 4. The van der Waals surface area contributed by atoms with Gasteiger partial charge >= 0.3 is 0 Å². The first kappa shape index (κ1) is 12.4. The van der Waals surface area contributed by atoms with Crippen molar-refractivity contribution in [2.75, 3.05) is 13.1 Å².